The fraction of sp³-hybridized carbons (Fsp3) is 0.800. The predicted octanol–water partition coefficient (Wildman–Crippen LogP) is 2.06. The van der Waals surface area contributed by atoms with Crippen molar-refractivity contribution in [1.29, 1.82) is 0 Å². The molecule has 0 fully saturated rings. The fourth-order valence-electron chi connectivity index (χ4n) is 1.39. The summed E-state index contributed by atoms with van der Waals surface area (Å²) in [7, 11) is 0. The molecule has 2 N–H and O–H groups in total. The van der Waals surface area contributed by atoms with Gasteiger partial charge in [0.15, 0.2) is 5.16 Å². The lowest BCUT2D eigenvalue weighted by molar-refractivity contribution is 0.487. The average molecular weight is 228 g/mol. The second kappa shape index (κ2) is 6.85. The van der Waals surface area contributed by atoms with Gasteiger partial charge in [0.05, 0.1) is 0 Å². The van der Waals surface area contributed by atoms with Gasteiger partial charge in [0, 0.05) is 17.8 Å². The van der Waals surface area contributed by atoms with Crippen LogP contribution < -0.4 is 5.32 Å². The zero-order valence-electron chi connectivity index (χ0n) is 9.66. The molecule has 4 nitrogen and oxygen atoms in total. The number of rotatable bonds is 7. The van der Waals surface area contributed by atoms with Crippen molar-refractivity contribution in [2.24, 2.45) is 0 Å². The molecule has 0 radical (unpaired) electrons. The van der Waals surface area contributed by atoms with E-state index in [2.05, 4.69) is 41.3 Å². The molecule has 15 heavy (non-hydrogen) atoms. The quantitative estimate of drug-likeness (QED) is 0.701. The zero-order valence-corrected chi connectivity index (χ0v) is 10.5. The van der Waals surface area contributed by atoms with Crippen LogP contribution in [0.3, 0.4) is 0 Å². The molecule has 0 saturated carbocycles. The van der Waals surface area contributed by atoms with E-state index >= 15 is 0 Å². The Kier molecular flexibility index (Phi) is 5.71. The summed E-state index contributed by atoms with van der Waals surface area (Å²) in [5, 5.41) is 11.6. The van der Waals surface area contributed by atoms with Gasteiger partial charge in [-0.05, 0) is 12.8 Å². The zero-order chi connectivity index (χ0) is 11.1. The predicted molar refractivity (Wildman–Crippen MR) is 64.1 cm³/mol. The van der Waals surface area contributed by atoms with Crippen molar-refractivity contribution in [3.63, 3.8) is 0 Å². The number of H-pyrrole nitrogens is 1. The summed E-state index contributed by atoms with van der Waals surface area (Å²) in [5.74, 6) is 0. The van der Waals surface area contributed by atoms with Crippen LogP contribution in [0.5, 0.6) is 0 Å². The van der Waals surface area contributed by atoms with Crippen molar-refractivity contribution < 1.29 is 0 Å². The summed E-state index contributed by atoms with van der Waals surface area (Å²) in [6.07, 6.45) is 3.93. The van der Waals surface area contributed by atoms with E-state index in [4.69, 9.17) is 0 Å². The molecule has 1 atom stereocenters. The van der Waals surface area contributed by atoms with Crippen LogP contribution in [0.25, 0.3) is 0 Å². The van der Waals surface area contributed by atoms with Crippen molar-refractivity contribution in [3.8, 4) is 0 Å². The molecule has 0 saturated heterocycles. The molecule has 1 aromatic heterocycles. The van der Waals surface area contributed by atoms with E-state index in [1.807, 2.05) is 0 Å². The molecule has 0 aliphatic carbocycles. The van der Waals surface area contributed by atoms with Gasteiger partial charge in [-0.25, -0.2) is 4.98 Å². The van der Waals surface area contributed by atoms with Gasteiger partial charge in [-0.15, -0.1) is 0 Å². The van der Waals surface area contributed by atoms with Crippen molar-refractivity contribution in [2.45, 2.75) is 50.1 Å². The Labute approximate surface area is 95.6 Å². The largest absolute Gasteiger partial charge is 0.313 e. The summed E-state index contributed by atoms with van der Waals surface area (Å²) in [6, 6.07) is 0.641. The SMILES string of the molecule is CCC(CC)NCC(C)Sc1ncn[nH]1. The van der Waals surface area contributed by atoms with Crippen LogP contribution in [0.15, 0.2) is 11.5 Å². The number of hydrogen-bond acceptors (Lipinski definition) is 4. The van der Waals surface area contributed by atoms with Gasteiger partial charge in [0.2, 0.25) is 0 Å². The summed E-state index contributed by atoms with van der Waals surface area (Å²) in [5.41, 5.74) is 0. The number of hydrogen-bond donors (Lipinski definition) is 2. The van der Waals surface area contributed by atoms with Crippen molar-refractivity contribution in [2.75, 3.05) is 6.54 Å². The number of nitrogens with one attached hydrogen (secondary N) is 2. The number of aromatic amines is 1. The molecule has 1 unspecified atom stereocenters. The summed E-state index contributed by atoms with van der Waals surface area (Å²) in [6.45, 7) is 7.64. The van der Waals surface area contributed by atoms with Crippen LogP contribution in [-0.2, 0) is 0 Å². The minimum absolute atomic E-state index is 0.513. The summed E-state index contributed by atoms with van der Waals surface area (Å²) >= 11 is 1.72. The highest BCUT2D eigenvalue weighted by atomic mass is 32.2. The first-order valence-electron chi connectivity index (χ1n) is 5.51. The summed E-state index contributed by atoms with van der Waals surface area (Å²) < 4.78 is 0. The standard InChI is InChI=1S/C10H20N4S/c1-4-9(5-2)11-6-8(3)15-10-12-7-13-14-10/h7-9,11H,4-6H2,1-3H3,(H,12,13,14). The van der Waals surface area contributed by atoms with Gasteiger partial charge in [-0.1, -0.05) is 32.5 Å². The minimum Gasteiger partial charge on any atom is -0.313 e. The second-order valence-corrected chi connectivity index (χ2v) is 5.07. The molecule has 1 heterocycles. The molecule has 0 amide bonds. The number of nitrogens with zero attached hydrogens (tertiary/aromatic N) is 2. The van der Waals surface area contributed by atoms with Crippen LogP contribution in [0, 0.1) is 0 Å². The van der Waals surface area contributed by atoms with Crippen LogP contribution in [0.4, 0.5) is 0 Å². The van der Waals surface area contributed by atoms with E-state index in [-0.39, 0.29) is 0 Å². The normalized spacial score (nSPS) is 13.3. The molecule has 1 aromatic rings. The molecule has 0 aliphatic rings. The first-order valence-corrected chi connectivity index (χ1v) is 6.39. The third kappa shape index (κ3) is 4.66. The molecule has 86 valence electrons. The highest BCUT2D eigenvalue weighted by Crippen LogP contribution is 2.17. The van der Waals surface area contributed by atoms with E-state index in [1.165, 1.54) is 12.8 Å². The van der Waals surface area contributed by atoms with Crippen LogP contribution in [-0.4, -0.2) is 33.0 Å². The third-order valence-electron chi connectivity index (χ3n) is 2.39. The van der Waals surface area contributed by atoms with Crippen LogP contribution in [0.1, 0.15) is 33.6 Å². The van der Waals surface area contributed by atoms with Gasteiger partial charge in [-0.3, -0.25) is 5.10 Å². The number of thioether (sulfide) groups is 1. The Morgan fingerprint density at radius 1 is 1.47 bits per heavy atom. The Morgan fingerprint density at radius 3 is 2.73 bits per heavy atom. The molecular formula is C10H20N4S. The van der Waals surface area contributed by atoms with E-state index in [1.54, 1.807) is 18.1 Å². The Morgan fingerprint density at radius 2 is 2.20 bits per heavy atom. The van der Waals surface area contributed by atoms with Crippen molar-refractivity contribution in [1.82, 2.24) is 20.5 Å². The Balaban J connectivity index is 2.21. The van der Waals surface area contributed by atoms with Gasteiger partial charge in [0.25, 0.3) is 0 Å². The maximum atomic E-state index is 4.09. The van der Waals surface area contributed by atoms with Crippen LogP contribution in [0.2, 0.25) is 0 Å². The molecule has 5 heteroatoms. The van der Waals surface area contributed by atoms with Gasteiger partial charge in [0.1, 0.15) is 6.33 Å². The maximum absolute atomic E-state index is 4.09. The van der Waals surface area contributed by atoms with E-state index in [0.717, 1.165) is 11.7 Å². The Hall–Kier alpha value is -0.550. The van der Waals surface area contributed by atoms with Crippen molar-refractivity contribution >= 4 is 11.8 Å². The topological polar surface area (TPSA) is 53.6 Å². The van der Waals surface area contributed by atoms with E-state index in [0.29, 0.717) is 11.3 Å². The average Bonchev–Trinajstić information content (AvgIpc) is 2.72. The van der Waals surface area contributed by atoms with Crippen molar-refractivity contribution in [3.05, 3.63) is 6.33 Å². The van der Waals surface area contributed by atoms with Gasteiger partial charge >= 0.3 is 0 Å². The molecular weight excluding hydrogens is 208 g/mol. The molecule has 1 rings (SSSR count). The van der Waals surface area contributed by atoms with E-state index in [9.17, 15) is 0 Å². The van der Waals surface area contributed by atoms with Gasteiger partial charge in [-0.2, -0.15) is 5.10 Å². The lowest BCUT2D eigenvalue weighted by Crippen LogP contribution is -2.32. The first-order chi connectivity index (χ1) is 7.26. The minimum atomic E-state index is 0.513. The smallest absolute Gasteiger partial charge is 0.183 e. The molecule has 0 aliphatic heterocycles. The first kappa shape index (κ1) is 12.5. The fourth-order valence-corrected chi connectivity index (χ4v) is 2.17. The Bertz CT molecular complexity index is 246. The summed E-state index contributed by atoms with van der Waals surface area (Å²) in [4.78, 5) is 4.09. The highest BCUT2D eigenvalue weighted by Gasteiger charge is 2.08. The lowest BCUT2D eigenvalue weighted by atomic mass is 10.2. The molecule has 0 aromatic carbocycles. The van der Waals surface area contributed by atoms with E-state index < -0.39 is 0 Å². The van der Waals surface area contributed by atoms with Crippen LogP contribution >= 0.6 is 11.8 Å². The maximum Gasteiger partial charge on any atom is 0.183 e. The second-order valence-electron chi connectivity index (χ2n) is 3.64. The highest BCUT2D eigenvalue weighted by molar-refractivity contribution is 7.99. The number of aromatic nitrogens is 3. The van der Waals surface area contributed by atoms with Gasteiger partial charge < -0.3 is 5.32 Å². The molecule has 0 spiro atoms. The molecule has 0 bridgehead atoms. The monoisotopic (exact) mass is 228 g/mol. The lowest BCUT2D eigenvalue weighted by Gasteiger charge is -2.17. The third-order valence-corrected chi connectivity index (χ3v) is 3.37.